The number of nitrogens with two attached hydrogens (primary N) is 1. The van der Waals surface area contributed by atoms with Crippen molar-refractivity contribution in [3.8, 4) is 0 Å². The van der Waals surface area contributed by atoms with Crippen LogP contribution < -0.4 is 11.1 Å². The Hall–Kier alpha value is -0.520. The molecule has 1 amide bonds. The fourth-order valence-corrected chi connectivity index (χ4v) is 2.93. The zero-order valence-corrected chi connectivity index (χ0v) is 12.4. The van der Waals surface area contributed by atoms with Gasteiger partial charge in [-0.25, -0.2) is 0 Å². The van der Waals surface area contributed by atoms with Gasteiger partial charge in [-0.1, -0.05) is 22.0 Å². The normalized spacial score (nSPS) is 12.2. The number of amides is 1. The third-order valence-electron chi connectivity index (χ3n) is 2.20. The standard InChI is InChI=1S/C12H17BrN2OS/c1-3-15-12(16)7-17-11-6-9(13)4-5-10(11)8(2)14/h4-6,8H,3,7,14H2,1-2H3,(H,15,16). The lowest BCUT2D eigenvalue weighted by atomic mass is 10.1. The number of carbonyl (C=O) groups is 1. The van der Waals surface area contributed by atoms with E-state index in [1.807, 2.05) is 32.0 Å². The van der Waals surface area contributed by atoms with Crippen molar-refractivity contribution in [2.75, 3.05) is 12.3 Å². The van der Waals surface area contributed by atoms with Gasteiger partial charge in [0.25, 0.3) is 0 Å². The second-order valence-corrected chi connectivity index (χ2v) is 5.65. The highest BCUT2D eigenvalue weighted by atomic mass is 79.9. The molecule has 0 fully saturated rings. The third kappa shape index (κ3) is 4.69. The van der Waals surface area contributed by atoms with Crippen LogP contribution in [-0.2, 0) is 4.79 Å². The molecule has 0 bridgehead atoms. The highest BCUT2D eigenvalue weighted by Gasteiger charge is 2.09. The Labute approximate surface area is 115 Å². The molecule has 0 radical (unpaired) electrons. The molecule has 17 heavy (non-hydrogen) atoms. The molecule has 1 aromatic rings. The molecular formula is C12H17BrN2OS. The van der Waals surface area contributed by atoms with Crippen molar-refractivity contribution in [3.05, 3.63) is 28.2 Å². The maximum Gasteiger partial charge on any atom is 0.230 e. The van der Waals surface area contributed by atoms with Gasteiger partial charge < -0.3 is 11.1 Å². The van der Waals surface area contributed by atoms with Crippen LogP contribution in [0.2, 0.25) is 0 Å². The zero-order chi connectivity index (χ0) is 12.8. The minimum absolute atomic E-state index is 0.0279. The van der Waals surface area contributed by atoms with Crippen LogP contribution in [0.4, 0.5) is 0 Å². The molecule has 3 nitrogen and oxygen atoms in total. The molecule has 3 N–H and O–H groups in total. The molecule has 1 unspecified atom stereocenters. The summed E-state index contributed by atoms with van der Waals surface area (Å²) in [6.45, 7) is 4.52. The molecule has 0 aliphatic heterocycles. The summed E-state index contributed by atoms with van der Waals surface area (Å²) < 4.78 is 1.00. The molecule has 1 aromatic carbocycles. The maximum atomic E-state index is 11.4. The van der Waals surface area contributed by atoms with Gasteiger partial charge in [-0.2, -0.15) is 0 Å². The van der Waals surface area contributed by atoms with E-state index in [1.165, 1.54) is 11.8 Å². The van der Waals surface area contributed by atoms with Gasteiger partial charge in [0.05, 0.1) is 5.75 Å². The van der Waals surface area contributed by atoms with Crippen molar-refractivity contribution in [1.82, 2.24) is 5.32 Å². The second kappa shape index (κ2) is 7.03. The highest BCUT2D eigenvalue weighted by Crippen LogP contribution is 2.29. The molecule has 0 heterocycles. The molecule has 0 aliphatic rings. The van der Waals surface area contributed by atoms with Gasteiger partial charge in [0.2, 0.25) is 5.91 Å². The Bertz CT molecular complexity index is 396. The van der Waals surface area contributed by atoms with E-state index in [2.05, 4.69) is 21.2 Å². The summed E-state index contributed by atoms with van der Waals surface area (Å²) in [7, 11) is 0. The van der Waals surface area contributed by atoms with Crippen molar-refractivity contribution < 1.29 is 4.79 Å². The molecule has 0 saturated heterocycles. The quantitative estimate of drug-likeness (QED) is 0.821. The summed E-state index contributed by atoms with van der Waals surface area (Å²) >= 11 is 4.94. The van der Waals surface area contributed by atoms with E-state index in [1.54, 1.807) is 0 Å². The average molecular weight is 317 g/mol. The van der Waals surface area contributed by atoms with Gasteiger partial charge in [-0.15, -0.1) is 11.8 Å². The van der Waals surface area contributed by atoms with Crippen LogP contribution in [0.1, 0.15) is 25.5 Å². The van der Waals surface area contributed by atoms with Crippen LogP contribution in [0.5, 0.6) is 0 Å². The van der Waals surface area contributed by atoms with Crippen molar-refractivity contribution in [1.29, 1.82) is 0 Å². The summed E-state index contributed by atoms with van der Waals surface area (Å²) in [4.78, 5) is 12.5. The SMILES string of the molecule is CCNC(=O)CSc1cc(Br)ccc1C(C)N. The van der Waals surface area contributed by atoms with E-state index >= 15 is 0 Å². The number of carbonyl (C=O) groups excluding carboxylic acids is 1. The lowest BCUT2D eigenvalue weighted by Crippen LogP contribution is -2.24. The minimum Gasteiger partial charge on any atom is -0.356 e. The molecule has 0 saturated carbocycles. The summed E-state index contributed by atoms with van der Waals surface area (Å²) in [5, 5.41) is 2.78. The fourth-order valence-electron chi connectivity index (χ4n) is 1.40. The number of halogens is 1. The van der Waals surface area contributed by atoms with E-state index in [9.17, 15) is 4.79 Å². The Kier molecular flexibility index (Phi) is 6.02. The van der Waals surface area contributed by atoms with E-state index in [4.69, 9.17) is 5.73 Å². The van der Waals surface area contributed by atoms with Crippen LogP contribution in [0, 0.1) is 0 Å². The van der Waals surface area contributed by atoms with E-state index < -0.39 is 0 Å². The Balaban J connectivity index is 2.75. The van der Waals surface area contributed by atoms with Crippen LogP contribution >= 0.6 is 27.7 Å². The molecular weight excluding hydrogens is 300 g/mol. The molecule has 1 atom stereocenters. The maximum absolute atomic E-state index is 11.4. The van der Waals surface area contributed by atoms with Crippen molar-refractivity contribution in [2.24, 2.45) is 5.73 Å². The first-order chi connectivity index (χ1) is 8.04. The van der Waals surface area contributed by atoms with Gasteiger partial charge in [0, 0.05) is 22.0 Å². The Morgan fingerprint density at radius 2 is 2.29 bits per heavy atom. The Morgan fingerprint density at radius 1 is 1.59 bits per heavy atom. The third-order valence-corrected chi connectivity index (χ3v) is 3.76. The summed E-state index contributed by atoms with van der Waals surface area (Å²) in [6.07, 6.45) is 0. The first-order valence-corrected chi connectivity index (χ1v) is 7.27. The van der Waals surface area contributed by atoms with Gasteiger partial charge in [-0.3, -0.25) is 4.79 Å². The molecule has 0 aliphatic carbocycles. The molecule has 94 valence electrons. The highest BCUT2D eigenvalue weighted by molar-refractivity contribution is 9.10. The Morgan fingerprint density at radius 3 is 2.88 bits per heavy atom. The predicted molar refractivity (Wildman–Crippen MR) is 76.2 cm³/mol. The number of benzene rings is 1. The lowest BCUT2D eigenvalue weighted by molar-refractivity contribution is -0.118. The van der Waals surface area contributed by atoms with Crippen molar-refractivity contribution in [2.45, 2.75) is 24.8 Å². The number of rotatable bonds is 5. The second-order valence-electron chi connectivity index (χ2n) is 3.71. The minimum atomic E-state index is -0.0279. The number of hydrogen-bond donors (Lipinski definition) is 2. The van der Waals surface area contributed by atoms with Crippen molar-refractivity contribution >= 4 is 33.6 Å². The summed E-state index contributed by atoms with van der Waals surface area (Å²) in [5.41, 5.74) is 6.97. The van der Waals surface area contributed by atoms with Crippen LogP contribution in [0.15, 0.2) is 27.6 Å². The van der Waals surface area contributed by atoms with Gasteiger partial charge in [0.1, 0.15) is 0 Å². The number of nitrogens with one attached hydrogen (secondary N) is 1. The summed E-state index contributed by atoms with van der Waals surface area (Å²) in [6, 6.07) is 5.94. The monoisotopic (exact) mass is 316 g/mol. The van der Waals surface area contributed by atoms with Crippen LogP contribution in [-0.4, -0.2) is 18.2 Å². The van der Waals surface area contributed by atoms with Crippen LogP contribution in [0.3, 0.4) is 0 Å². The number of hydrogen-bond acceptors (Lipinski definition) is 3. The van der Waals surface area contributed by atoms with Gasteiger partial charge in [-0.05, 0) is 31.5 Å². The first-order valence-electron chi connectivity index (χ1n) is 5.49. The van der Waals surface area contributed by atoms with E-state index in [0.29, 0.717) is 12.3 Å². The smallest absolute Gasteiger partial charge is 0.230 e. The van der Waals surface area contributed by atoms with Gasteiger partial charge >= 0.3 is 0 Å². The fraction of sp³-hybridized carbons (Fsp3) is 0.417. The molecule has 0 spiro atoms. The topological polar surface area (TPSA) is 55.1 Å². The average Bonchev–Trinajstić information content (AvgIpc) is 2.26. The zero-order valence-electron chi connectivity index (χ0n) is 10.00. The van der Waals surface area contributed by atoms with E-state index in [0.717, 1.165) is 14.9 Å². The van der Waals surface area contributed by atoms with Gasteiger partial charge in [0.15, 0.2) is 0 Å². The lowest BCUT2D eigenvalue weighted by Gasteiger charge is -2.12. The molecule has 1 rings (SSSR count). The molecule has 5 heteroatoms. The molecule has 0 aromatic heterocycles. The number of thioether (sulfide) groups is 1. The van der Waals surface area contributed by atoms with E-state index in [-0.39, 0.29) is 11.9 Å². The van der Waals surface area contributed by atoms with Crippen LogP contribution in [0.25, 0.3) is 0 Å². The first kappa shape index (κ1) is 14.5. The van der Waals surface area contributed by atoms with Crippen molar-refractivity contribution in [3.63, 3.8) is 0 Å². The summed E-state index contributed by atoms with van der Waals surface area (Å²) in [5.74, 6) is 0.470. The largest absolute Gasteiger partial charge is 0.356 e. The predicted octanol–water partition coefficient (Wildman–Crippen LogP) is 2.70.